The van der Waals surface area contributed by atoms with Crippen LogP contribution >= 0.6 is 0 Å². The summed E-state index contributed by atoms with van der Waals surface area (Å²) in [5, 5.41) is 1.50. The minimum absolute atomic E-state index is 0.0516. The normalized spacial score (nSPS) is 10.3. The van der Waals surface area contributed by atoms with Gasteiger partial charge in [-0.3, -0.25) is 20.0 Å². The second-order valence-electron chi connectivity index (χ2n) is 4.57. The highest BCUT2D eigenvalue weighted by atomic mass is 16.5. The summed E-state index contributed by atoms with van der Waals surface area (Å²) in [4.78, 5) is 27.6. The molecule has 1 amide bonds. The molecule has 0 spiro atoms. The standard InChI is InChI=1S/C16H17N3O3/c1-22-15(20)12-19(11-13-7-3-2-4-8-13)18-16(21)14-9-5-6-10-17-14/h2-10H,11-12H2,1H3,(H,18,21). The van der Waals surface area contributed by atoms with Gasteiger partial charge in [0.25, 0.3) is 5.91 Å². The van der Waals surface area contributed by atoms with E-state index in [1.165, 1.54) is 18.3 Å². The Balaban J connectivity index is 2.07. The maximum absolute atomic E-state index is 12.1. The van der Waals surface area contributed by atoms with Crippen LogP contribution in [0.3, 0.4) is 0 Å². The molecule has 0 aliphatic carbocycles. The van der Waals surface area contributed by atoms with Crippen molar-refractivity contribution in [3.8, 4) is 0 Å². The number of pyridine rings is 1. The van der Waals surface area contributed by atoms with Crippen molar-refractivity contribution in [2.24, 2.45) is 0 Å². The second kappa shape index (κ2) is 7.90. The fraction of sp³-hybridized carbons (Fsp3) is 0.188. The van der Waals surface area contributed by atoms with E-state index in [-0.39, 0.29) is 18.1 Å². The minimum Gasteiger partial charge on any atom is -0.468 e. The summed E-state index contributed by atoms with van der Waals surface area (Å²) < 4.78 is 4.66. The molecule has 0 unspecified atom stereocenters. The first kappa shape index (κ1) is 15.7. The number of benzene rings is 1. The Morgan fingerprint density at radius 1 is 1.14 bits per heavy atom. The zero-order valence-electron chi connectivity index (χ0n) is 12.2. The number of hydrogen-bond donors (Lipinski definition) is 1. The SMILES string of the molecule is COC(=O)CN(Cc1ccccc1)NC(=O)c1ccccn1. The number of aromatic nitrogens is 1. The van der Waals surface area contributed by atoms with E-state index in [9.17, 15) is 9.59 Å². The fourth-order valence-electron chi connectivity index (χ4n) is 1.86. The van der Waals surface area contributed by atoms with E-state index in [4.69, 9.17) is 0 Å². The number of carbonyl (C=O) groups is 2. The largest absolute Gasteiger partial charge is 0.468 e. The monoisotopic (exact) mass is 299 g/mol. The summed E-state index contributed by atoms with van der Waals surface area (Å²) in [6, 6.07) is 14.6. The molecular weight excluding hydrogens is 282 g/mol. The smallest absolute Gasteiger partial charge is 0.321 e. The third-order valence-corrected chi connectivity index (χ3v) is 2.92. The van der Waals surface area contributed by atoms with Crippen molar-refractivity contribution in [1.82, 2.24) is 15.4 Å². The first-order chi connectivity index (χ1) is 10.7. The van der Waals surface area contributed by atoms with Crippen LogP contribution in [0.1, 0.15) is 16.1 Å². The van der Waals surface area contributed by atoms with Gasteiger partial charge in [0, 0.05) is 12.7 Å². The van der Waals surface area contributed by atoms with E-state index >= 15 is 0 Å². The predicted octanol–water partition coefficient (Wildman–Crippen LogP) is 1.40. The van der Waals surface area contributed by atoms with Gasteiger partial charge in [0.1, 0.15) is 12.2 Å². The van der Waals surface area contributed by atoms with Crippen molar-refractivity contribution in [3.63, 3.8) is 0 Å². The van der Waals surface area contributed by atoms with Gasteiger partial charge in [-0.2, -0.15) is 0 Å². The molecule has 0 aliphatic heterocycles. The van der Waals surface area contributed by atoms with E-state index < -0.39 is 5.97 Å². The lowest BCUT2D eigenvalue weighted by atomic mass is 10.2. The van der Waals surface area contributed by atoms with E-state index in [1.807, 2.05) is 30.3 Å². The van der Waals surface area contributed by atoms with Gasteiger partial charge in [-0.15, -0.1) is 0 Å². The lowest BCUT2D eigenvalue weighted by molar-refractivity contribution is -0.142. The maximum Gasteiger partial charge on any atom is 0.321 e. The summed E-state index contributed by atoms with van der Waals surface area (Å²) in [6.45, 7) is 0.332. The molecular formula is C16H17N3O3. The third-order valence-electron chi connectivity index (χ3n) is 2.92. The summed E-state index contributed by atoms with van der Waals surface area (Å²) >= 11 is 0. The minimum atomic E-state index is -0.433. The predicted molar refractivity (Wildman–Crippen MR) is 80.6 cm³/mol. The molecule has 2 aromatic rings. The molecule has 0 saturated heterocycles. The number of carbonyl (C=O) groups excluding carboxylic acids is 2. The van der Waals surface area contributed by atoms with Gasteiger partial charge in [0.2, 0.25) is 0 Å². The Kier molecular flexibility index (Phi) is 5.62. The Hall–Kier alpha value is -2.73. The van der Waals surface area contributed by atoms with Gasteiger partial charge in [0.15, 0.2) is 0 Å². The van der Waals surface area contributed by atoms with Crippen LogP contribution in [0.15, 0.2) is 54.7 Å². The van der Waals surface area contributed by atoms with Crippen molar-refractivity contribution in [2.75, 3.05) is 13.7 Å². The number of methoxy groups -OCH3 is 1. The van der Waals surface area contributed by atoms with Crippen molar-refractivity contribution < 1.29 is 14.3 Å². The first-order valence-electron chi connectivity index (χ1n) is 6.76. The van der Waals surface area contributed by atoms with Crippen LogP contribution in [0.4, 0.5) is 0 Å². The van der Waals surface area contributed by atoms with Crippen LogP contribution in [-0.2, 0) is 16.1 Å². The molecule has 6 nitrogen and oxygen atoms in total. The zero-order chi connectivity index (χ0) is 15.8. The van der Waals surface area contributed by atoms with Gasteiger partial charge in [-0.1, -0.05) is 36.4 Å². The highest BCUT2D eigenvalue weighted by molar-refractivity contribution is 5.91. The van der Waals surface area contributed by atoms with Crippen molar-refractivity contribution >= 4 is 11.9 Å². The summed E-state index contributed by atoms with van der Waals surface area (Å²) in [5.74, 6) is -0.808. The first-order valence-corrected chi connectivity index (χ1v) is 6.76. The van der Waals surface area contributed by atoms with Crippen LogP contribution in [0, 0.1) is 0 Å². The Morgan fingerprint density at radius 3 is 2.50 bits per heavy atom. The molecule has 1 N–H and O–H groups in total. The molecule has 114 valence electrons. The van der Waals surface area contributed by atoms with Crippen LogP contribution < -0.4 is 5.43 Å². The summed E-state index contributed by atoms with van der Waals surface area (Å²) in [7, 11) is 1.31. The average molecular weight is 299 g/mol. The van der Waals surface area contributed by atoms with Crippen LogP contribution in [0.2, 0.25) is 0 Å². The van der Waals surface area contributed by atoms with Gasteiger partial charge >= 0.3 is 5.97 Å². The highest BCUT2D eigenvalue weighted by Crippen LogP contribution is 2.03. The molecule has 0 aliphatic rings. The van der Waals surface area contributed by atoms with Gasteiger partial charge in [-0.25, -0.2) is 5.01 Å². The third kappa shape index (κ3) is 4.68. The molecule has 1 heterocycles. The van der Waals surface area contributed by atoms with E-state index in [1.54, 1.807) is 18.2 Å². The molecule has 6 heteroatoms. The summed E-state index contributed by atoms with van der Waals surface area (Å²) in [6.07, 6.45) is 1.54. The number of hydrazine groups is 1. The molecule has 1 aromatic heterocycles. The number of rotatable bonds is 6. The number of hydrogen-bond acceptors (Lipinski definition) is 5. The molecule has 0 radical (unpaired) electrons. The van der Waals surface area contributed by atoms with Gasteiger partial charge in [-0.05, 0) is 17.7 Å². The lowest BCUT2D eigenvalue weighted by Gasteiger charge is -2.21. The fourth-order valence-corrected chi connectivity index (χ4v) is 1.86. The molecule has 0 bridgehead atoms. The van der Waals surface area contributed by atoms with Gasteiger partial charge in [0.05, 0.1) is 7.11 Å². The van der Waals surface area contributed by atoms with Crippen molar-refractivity contribution in [1.29, 1.82) is 0 Å². The van der Waals surface area contributed by atoms with Crippen molar-refractivity contribution in [2.45, 2.75) is 6.54 Å². The van der Waals surface area contributed by atoms with E-state index in [2.05, 4.69) is 15.1 Å². The zero-order valence-corrected chi connectivity index (χ0v) is 12.2. The number of esters is 1. The average Bonchev–Trinajstić information content (AvgIpc) is 2.56. The number of amides is 1. The maximum atomic E-state index is 12.1. The van der Waals surface area contributed by atoms with Crippen molar-refractivity contribution in [3.05, 3.63) is 66.0 Å². The lowest BCUT2D eigenvalue weighted by Crippen LogP contribution is -2.45. The molecule has 2 rings (SSSR count). The molecule has 1 aromatic carbocycles. The van der Waals surface area contributed by atoms with Crippen LogP contribution in [0.25, 0.3) is 0 Å². The number of nitrogens with one attached hydrogen (secondary N) is 1. The molecule has 0 saturated carbocycles. The Labute approximate surface area is 128 Å². The highest BCUT2D eigenvalue weighted by Gasteiger charge is 2.16. The van der Waals surface area contributed by atoms with Crippen LogP contribution in [0.5, 0.6) is 0 Å². The molecule has 0 atom stereocenters. The molecule has 22 heavy (non-hydrogen) atoms. The van der Waals surface area contributed by atoms with Gasteiger partial charge < -0.3 is 4.74 Å². The van der Waals surface area contributed by atoms with E-state index in [0.29, 0.717) is 6.54 Å². The summed E-state index contributed by atoms with van der Waals surface area (Å²) in [5.41, 5.74) is 3.93. The number of nitrogens with zero attached hydrogens (tertiary/aromatic N) is 2. The second-order valence-corrected chi connectivity index (χ2v) is 4.57. The Morgan fingerprint density at radius 2 is 1.86 bits per heavy atom. The molecule has 0 fully saturated rings. The topological polar surface area (TPSA) is 71.5 Å². The van der Waals surface area contributed by atoms with E-state index in [0.717, 1.165) is 5.56 Å². The number of ether oxygens (including phenoxy) is 1. The quantitative estimate of drug-likeness (QED) is 0.645. The van der Waals surface area contributed by atoms with Crippen LogP contribution in [-0.4, -0.2) is 35.5 Å². The Bertz CT molecular complexity index is 617.